The molecule has 1 aromatic carbocycles. The van der Waals surface area contributed by atoms with Crippen molar-refractivity contribution >= 4 is 52.8 Å². The molecule has 0 atom stereocenters. The minimum Gasteiger partial charge on any atom is -0.495 e. The number of amides is 3. The number of fused-ring (bicyclic) bond motifs is 1. The van der Waals surface area contributed by atoms with E-state index in [-0.39, 0.29) is 41.4 Å². The summed E-state index contributed by atoms with van der Waals surface area (Å²) in [6.45, 7) is 6.07. The maximum Gasteiger partial charge on any atom is 0.410 e. The molecule has 3 amide bonds. The van der Waals surface area contributed by atoms with Crippen LogP contribution in [0, 0.1) is 0 Å². The number of urea groups is 1. The molecule has 1 fully saturated rings. The van der Waals surface area contributed by atoms with Crippen molar-refractivity contribution in [1.82, 2.24) is 14.9 Å². The first kappa shape index (κ1) is 25.9. The Labute approximate surface area is 219 Å². The lowest BCUT2D eigenvalue weighted by atomic mass is 10.1. The Morgan fingerprint density at radius 3 is 2.28 bits per heavy atom. The first-order valence-corrected chi connectivity index (χ1v) is 12.0. The first-order chi connectivity index (χ1) is 17.0. The van der Waals surface area contributed by atoms with Gasteiger partial charge in [-0.2, -0.15) is 4.98 Å². The molecule has 0 unspecified atom stereocenters. The Hall–Kier alpha value is -3.18. The number of aromatic nitrogens is 2. The number of carbonyl (C=O) groups excluding carboxylic acids is 2. The number of hydrogen-bond acceptors (Lipinski definition) is 8. The molecule has 4 rings (SSSR count). The summed E-state index contributed by atoms with van der Waals surface area (Å²) >= 11 is 13.3. The lowest BCUT2D eigenvalue weighted by Crippen LogP contribution is -2.66. The van der Waals surface area contributed by atoms with Crippen molar-refractivity contribution in [2.75, 3.05) is 49.5 Å². The third-order valence-electron chi connectivity index (χ3n) is 5.76. The molecule has 3 heterocycles. The van der Waals surface area contributed by atoms with Gasteiger partial charge in [-0.05, 0) is 20.8 Å². The minimum atomic E-state index is -0.625. The van der Waals surface area contributed by atoms with Gasteiger partial charge in [0.15, 0.2) is 0 Å². The van der Waals surface area contributed by atoms with Gasteiger partial charge in [0.05, 0.1) is 32.5 Å². The van der Waals surface area contributed by atoms with Gasteiger partial charge in [0, 0.05) is 38.0 Å². The highest BCUT2D eigenvalue weighted by molar-refractivity contribution is 6.42. The molecule has 1 saturated heterocycles. The summed E-state index contributed by atoms with van der Waals surface area (Å²) in [6.07, 6.45) is 1.20. The molecule has 0 saturated carbocycles. The van der Waals surface area contributed by atoms with Gasteiger partial charge in [-0.25, -0.2) is 14.6 Å². The molecular formula is C23H28Cl2N6O5. The van der Waals surface area contributed by atoms with E-state index in [1.54, 1.807) is 45.0 Å². The maximum atomic E-state index is 14.0. The van der Waals surface area contributed by atoms with Gasteiger partial charge < -0.3 is 24.4 Å². The summed E-state index contributed by atoms with van der Waals surface area (Å²) in [5.41, 5.74) is 0.301. The average molecular weight is 539 g/mol. The van der Waals surface area contributed by atoms with E-state index in [2.05, 4.69) is 15.3 Å². The van der Waals surface area contributed by atoms with E-state index in [4.69, 9.17) is 37.4 Å². The normalized spacial score (nSPS) is 15.9. The zero-order chi connectivity index (χ0) is 26.4. The van der Waals surface area contributed by atoms with Gasteiger partial charge in [0.1, 0.15) is 33.0 Å². The lowest BCUT2D eigenvalue weighted by Gasteiger charge is -2.48. The average Bonchev–Trinajstić information content (AvgIpc) is 2.78. The quantitative estimate of drug-likeness (QED) is 0.596. The molecule has 1 aromatic heterocycles. The lowest BCUT2D eigenvalue weighted by molar-refractivity contribution is 0.00857. The Bertz CT molecular complexity index is 1170. The summed E-state index contributed by atoms with van der Waals surface area (Å²) in [5.74, 6) is 1.42. The summed E-state index contributed by atoms with van der Waals surface area (Å²) < 4.78 is 16.2. The van der Waals surface area contributed by atoms with Gasteiger partial charge in [-0.15, -0.1) is 0 Å². The van der Waals surface area contributed by atoms with Crippen molar-refractivity contribution < 1.29 is 23.8 Å². The fourth-order valence-corrected chi connectivity index (χ4v) is 4.71. The van der Waals surface area contributed by atoms with Gasteiger partial charge in [0.2, 0.25) is 5.95 Å². The molecule has 1 N–H and O–H groups in total. The van der Waals surface area contributed by atoms with Crippen molar-refractivity contribution in [2.24, 2.45) is 0 Å². The molecule has 194 valence electrons. The topological polar surface area (TPSA) is 109 Å². The predicted molar refractivity (Wildman–Crippen MR) is 137 cm³/mol. The van der Waals surface area contributed by atoms with Crippen molar-refractivity contribution in [3.05, 3.63) is 27.9 Å². The van der Waals surface area contributed by atoms with E-state index >= 15 is 0 Å². The van der Waals surface area contributed by atoms with Crippen LogP contribution < -0.4 is 24.6 Å². The number of ether oxygens (including phenoxy) is 3. The van der Waals surface area contributed by atoms with E-state index in [0.717, 1.165) is 0 Å². The van der Waals surface area contributed by atoms with Crippen LogP contribution in [-0.4, -0.2) is 73.0 Å². The second-order valence-electron chi connectivity index (χ2n) is 9.33. The van der Waals surface area contributed by atoms with Crippen molar-refractivity contribution in [3.8, 4) is 11.5 Å². The summed E-state index contributed by atoms with van der Waals surface area (Å²) in [6, 6.07) is 0.800. The number of hydrogen-bond donors (Lipinski definition) is 1. The summed E-state index contributed by atoms with van der Waals surface area (Å²) in [5, 5.41) is 3.23. The van der Waals surface area contributed by atoms with E-state index in [1.807, 2.05) is 0 Å². The molecule has 2 aliphatic heterocycles. The summed E-state index contributed by atoms with van der Waals surface area (Å²) in [7, 11) is 4.62. The molecule has 0 radical (unpaired) electrons. The molecular weight excluding hydrogens is 511 g/mol. The molecule has 11 nitrogen and oxygen atoms in total. The standard InChI is InChI=1S/C23H28Cl2N6O5/c1-23(2,3)36-22(33)29-10-13(11-29)31-19-12(8-27-20(26-4)28-19)9-30(21(31)32)18-16(24)14(34-5)7-15(35-6)17(18)25/h7-8,13H,9-11H2,1-6H3,(H,26,27,28). The van der Waals surface area contributed by atoms with Crippen molar-refractivity contribution in [3.63, 3.8) is 0 Å². The predicted octanol–water partition coefficient (Wildman–Crippen LogP) is 4.41. The van der Waals surface area contributed by atoms with Gasteiger partial charge >= 0.3 is 12.1 Å². The second kappa shape index (κ2) is 9.70. The Morgan fingerprint density at radius 2 is 1.75 bits per heavy atom. The smallest absolute Gasteiger partial charge is 0.410 e. The van der Waals surface area contributed by atoms with Crippen LogP contribution in [0.2, 0.25) is 10.0 Å². The van der Waals surface area contributed by atoms with E-state index in [9.17, 15) is 9.59 Å². The fraction of sp³-hybridized carbons (Fsp3) is 0.478. The number of nitrogens with zero attached hydrogens (tertiary/aromatic N) is 5. The van der Waals surface area contributed by atoms with E-state index in [1.165, 1.54) is 24.0 Å². The molecule has 36 heavy (non-hydrogen) atoms. The van der Waals surface area contributed by atoms with Crippen LogP contribution in [0.1, 0.15) is 26.3 Å². The zero-order valence-corrected chi connectivity index (χ0v) is 22.4. The molecule has 0 spiro atoms. The van der Waals surface area contributed by atoms with Crippen LogP contribution in [-0.2, 0) is 11.3 Å². The van der Waals surface area contributed by atoms with Gasteiger partial charge in [-0.1, -0.05) is 23.2 Å². The number of methoxy groups -OCH3 is 2. The SMILES string of the molecule is CNc1ncc2c(n1)N(C1CN(C(=O)OC(C)(C)C)C1)C(=O)N(c1c(Cl)c(OC)cc(OC)c1Cl)C2. The van der Waals surface area contributed by atoms with Crippen molar-refractivity contribution in [2.45, 2.75) is 39.0 Å². The number of nitrogens with one attached hydrogen (secondary N) is 1. The molecule has 13 heteroatoms. The Morgan fingerprint density at radius 1 is 1.14 bits per heavy atom. The van der Waals surface area contributed by atoms with Crippen molar-refractivity contribution in [1.29, 1.82) is 0 Å². The van der Waals surface area contributed by atoms with Crippen LogP contribution >= 0.6 is 23.2 Å². The number of halogens is 2. The first-order valence-electron chi connectivity index (χ1n) is 11.2. The fourth-order valence-electron chi connectivity index (χ4n) is 4.00. The van der Waals surface area contributed by atoms with Crippen LogP contribution in [0.5, 0.6) is 11.5 Å². The molecule has 0 bridgehead atoms. The van der Waals surface area contributed by atoms with E-state index < -0.39 is 17.7 Å². The van der Waals surface area contributed by atoms with E-state index in [0.29, 0.717) is 28.8 Å². The van der Waals surface area contributed by atoms with Crippen LogP contribution in [0.4, 0.5) is 27.0 Å². The number of carbonyl (C=O) groups is 2. The number of likely N-dealkylation sites (tertiary alicyclic amines) is 1. The highest BCUT2D eigenvalue weighted by Gasteiger charge is 2.45. The Balaban J connectivity index is 1.73. The van der Waals surface area contributed by atoms with Gasteiger partial charge in [-0.3, -0.25) is 9.80 Å². The number of rotatable bonds is 5. The third kappa shape index (κ3) is 4.64. The Kier molecular flexibility index (Phi) is 6.98. The van der Waals surface area contributed by atoms with Crippen LogP contribution in [0.15, 0.2) is 12.3 Å². The highest BCUT2D eigenvalue weighted by Crippen LogP contribution is 2.48. The maximum absolute atomic E-state index is 14.0. The number of benzene rings is 1. The minimum absolute atomic E-state index is 0.118. The third-order valence-corrected chi connectivity index (χ3v) is 6.49. The largest absolute Gasteiger partial charge is 0.495 e. The highest BCUT2D eigenvalue weighted by atomic mass is 35.5. The molecule has 0 aliphatic carbocycles. The molecule has 2 aliphatic rings. The second-order valence-corrected chi connectivity index (χ2v) is 10.1. The summed E-state index contributed by atoms with van der Waals surface area (Å²) in [4.78, 5) is 39.8. The molecule has 2 aromatic rings. The number of anilines is 3. The van der Waals surface area contributed by atoms with Crippen LogP contribution in [0.3, 0.4) is 0 Å². The van der Waals surface area contributed by atoms with Gasteiger partial charge in [0.25, 0.3) is 0 Å². The monoisotopic (exact) mass is 538 g/mol. The van der Waals surface area contributed by atoms with Crippen LogP contribution in [0.25, 0.3) is 0 Å². The zero-order valence-electron chi connectivity index (χ0n) is 20.9.